The Hall–Kier alpha value is -1.10. The van der Waals surface area contributed by atoms with Crippen LogP contribution in [0.2, 0.25) is 0 Å². The highest BCUT2D eigenvalue weighted by molar-refractivity contribution is 5.95. The molecule has 4 aliphatic rings. The van der Waals surface area contributed by atoms with Crippen LogP contribution in [-0.4, -0.2) is 66.4 Å². The van der Waals surface area contributed by atoms with Gasteiger partial charge in [-0.15, -0.1) is 0 Å². The Labute approximate surface area is 183 Å². The summed E-state index contributed by atoms with van der Waals surface area (Å²) in [4.78, 5) is 32.2. The Morgan fingerprint density at radius 1 is 1.07 bits per heavy atom. The molecule has 0 aromatic heterocycles. The van der Waals surface area contributed by atoms with E-state index in [-0.39, 0.29) is 29.4 Å². The molecule has 1 heterocycles. The van der Waals surface area contributed by atoms with Crippen molar-refractivity contribution < 1.29 is 9.59 Å². The van der Waals surface area contributed by atoms with Crippen molar-refractivity contribution in [2.75, 3.05) is 27.7 Å². The minimum Gasteiger partial charge on any atom is -0.323 e. The van der Waals surface area contributed by atoms with Crippen LogP contribution in [-0.2, 0) is 4.79 Å². The number of amides is 3. The Bertz CT molecular complexity index is 694. The van der Waals surface area contributed by atoms with Crippen LogP contribution in [0.3, 0.4) is 0 Å². The third-order valence-electron chi connectivity index (χ3n) is 9.86. The molecule has 0 aromatic rings. The normalized spacial score (nSPS) is 41.8. The number of hydrogen-bond donors (Lipinski definition) is 0. The molecule has 2 unspecified atom stereocenters. The van der Waals surface area contributed by atoms with Crippen LogP contribution in [0.1, 0.15) is 78.6 Å². The number of rotatable bonds is 3. The number of carbonyl (C=O) groups is 2. The summed E-state index contributed by atoms with van der Waals surface area (Å²) in [5, 5.41) is 0. The second kappa shape index (κ2) is 7.79. The topological polar surface area (TPSA) is 43.9 Å². The van der Waals surface area contributed by atoms with Crippen molar-refractivity contribution in [2.24, 2.45) is 28.6 Å². The van der Waals surface area contributed by atoms with Crippen molar-refractivity contribution in [2.45, 2.75) is 90.6 Å². The second-order valence-corrected chi connectivity index (χ2v) is 11.8. The van der Waals surface area contributed by atoms with Crippen LogP contribution in [0, 0.1) is 28.6 Å². The van der Waals surface area contributed by atoms with Crippen molar-refractivity contribution in [3.63, 3.8) is 0 Å². The maximum absolute atomic E-state index is 13.5. The van der Waals surface area contributed by atoms with E-state index in [1.165, 1.54) is 38.5 Å². The number of imide groups is 1. The molecule has 7 atom stereocenters. The Morgan fingerprint density at radius 3 is 2.50 bits per heavy atom. The fourth-order valence-corrected chi connectivity index (χ4v) is 8.12. The summed E-state index contributed by atoms with van der Waals surface area (Å²) in [6, 6.07) is 0.0798. The van der Waals surface area contributed by atoms with Gasteiger partial charge < -0.3 is 9.80 Å². The van der Waals surface area contributed by atoms with E-state index in [1.807, 2.05) is 21.1 Å². The largest absolute Gasteiger partial charge is 0.327 e. The zero-order valence-corrected chi connectivity index (χ0v) is 20.1. The number of piperidine rings is 1. The molecule has 1 saturated heterocycles. The minimum absolute atomic E-state index is 0.0475. The van der Waals surface area contributed by atoms with Crippen LogP contribution in [0.25, 0.3) is 0 Å². The highest BCUT2D eigenvalue weighted by Crippen LogP contribution is 2.64. The van der Waals surface area contributed by atoms with Crippen LogP contribution < -0.4 is 0 Å². The molecule has 5 nitrogen and oxygen atoms in total. The van der Waals surface area contributed by atoms with Gasteiger partial charge in [-0.1, -0.05) is 20.3 Å². The lowest BCUT2D eigenvalue weighted by Crippen LogP contribution is -2.65. The molecule has 3 amide bonds. The van der Waals surface area contributed by atoms with Gasteiger partial charge in [0.05, 0.1) is 0 Å². The van der Waals surface area contributed by atoms with Crippen LogP contribution in [0.5, 0.6) is 0 Å². The average Bonchev–Trinajstić information content (AvgIpc) is 3.08. The molecule has 30 heavy (non-hydrogen) atoms. The van der Waals surface area contributed by atoms with Gasteiger partial charge in [0.15, 0.2) is 0 Å². The van der Waals surface area contributed by atoms with Crippen LogP contribution in [0.15, 0.2) is 0 Å². The molecule has 3 aliphatic carbocycles. The van der Waals surface area contributed by atoms with Gasteiger partial charge in [-0.3, -0.25) is 9.69 Å². The summed E-state index contributed by atoms with van der Waals surface area (Å²) in [5.41, 5.74) is 0.633. The number of likely N-dealkylation sites (N-methyl/N-ethyl adjacent to an activating group) is 2. The monoisotopic (exact) mass is 417 g/mol. The minimum atomic E-state index is -0.0785. The van der Waals surface area contributed by atoms with Crippen molar-refractivity contribution in [3.8, 4) is 0 Å². The zero-order chi connectivity index (χ0) is 21.8. The lowest BCUT2D eigenvalue weighted by Gasteiger charge is -2.61. The van der Waals surface area contributed by atoms with Crippen molar-refractivity contribution in [1.29, 1.82) is 0 Å². The van der Waals surface area contributed by atoms with Gasteiger partial charge in [0.2, 0.25) is 5.91 Å². The summed E-state index contributed by atoms with van der Waals surface area (Å²) >= 11 is 0. The second-order valence-electron chi connectivity index (χ2n) is 11.8. The molecule has 170 valence electrons. The molecule has 0 spiro atoms. The van der Waals surface area contributed by atoms with Gasteiger partial charge in [0.25, 0.3) is 0 Å². The van der Waals surface area contributed by atoms with Crippen molar-refractivity contribution in [1.82, 2.24) is 14.7 Å². The number of hydrogen-bond acceptors (Lipinski definition) is 3. The van der Waals surface area contributed by atoms with E-state index in [0.717, 1.165) is 31.2 Å². The van der Waals surface area contributed by atoms with Crippen molar-refractivity contribution >= 4 is 11.9 Å². The summed E-state index contributed by atoms with van der Waals surface area (Å²) in [7, 11) is 5.92. The van der Waals surface area contributed by atoms with E-state index in [1.54, 1.807) is 9.80 Å². The number of likely N-dealkylation sites (tertiary alicyclic amines) is 1. The first-order chi connectivity index (χ1) is 14.1. The average molecular weight is 418 g/mol. The van der Waals surface area contributed by atoms with E-state index >= 15 is 0 Å². The third-order valence-corrected chi connectivity index (χ3v) is 9.86. The summed E-state index contributed by atoms with van der Waals surface area (Å²) < 4.78 is 0. The summed E-state index contributed by atoms with van der Waals surface area (Å²) in [5.74, 6) is 2.37. The zero-order valence-electron chi connectivity index (χ0n) is 20.1. The van der Waals surface area contributed by atoms with E-state index in [0.29, 0.717) is 17.8 Å². The molecule has 4 fully saturated rings. The van der Waals surface area contributed by atoms with Crippen molar-refractivity contribution in [3.05, 3.63) is 0 Å². The molecule has 5 heteroatoms. The lowest BCUT2D eigenvalue weighted by molar-refractivity contribution is -0.154. The first kappa shape index (κ1) is 22.1. The fraction of sp³-hybridized carbons (Fsp3) is 0.920. The predicted octanol–water partition coefficient (Wildman–Crippen LogP) is 4.61. The third kappa shape index (κ3) is 3.40. The Balaban J connectivity index is 1.58. The van der Waals surface area contributed by atoms with Gasteiger partial charge in [0.1, 0.15) is 0 Å². The molecule has 3 saturated carbocycles. The first-order valence-corrected chi connectivity index (χ1v) is 12.3. The van der Waals surface area contributed by atoms with E-state index in [9.17, 15) is 9.59 Å². The smallest absolute Gasteiger partial charge is 0.323 e. The van der Waals surface area contributed by atoms with Gasteiger partial charge in [0, 0.05) is 32.1 Å². The number of carbonyl (C=O) groups excluding carboxylic acids is 2. The Morgan fingerprint density at radius 2 is 1.80 bits per heavy atom. The maximum Gasteiger partial charge on any atom is 0.327 e. The summed E-state index contributed by atoms with van der Waals surface area (Å²) in [6.07, 6.45) is 10.5. The fourth-order valence-electron chi connectivity index (χ4n) is 8.12. The van der Waals surface area contributed by atoms with Crippen LogP contribution >= 0.6 is 0 Å². The Kier molecular flexibility index (Phi) is 5.74. The number of fused-ring (bicyclic) bond motifs is 5. The molecular formula is C25H43N3O2. The highest BCUT2D eigenvalue weighted by Gasteiger charge is 2.60. The van der Waals surface area contributed by atoms with Gasteiger partial charge in [-0.25, -0.2) is 4.79 Å². The van der Waals surface area contributed by atoms with Gasteiger partial charge in [-0.05, 0) is 94.5 Å². The van der Waals surface area contributed by atoms with E-state index < -0.39 is 0 Å². The molecule has 0 aromatic carbocycles. The highest BCUT2D eigenvalue weighted by atomic mass is 16.2. The first-order valence-electron chi connectivity index (χ1n) is 12.3. The molecule has 4 rings (SSSR count). The predicted molar refractivity (Wildman–Crippen MR) is 120 cm³/mol. The SMILES string of the molecule is CC(CN(C)C)N(C)C(=O)N1C(=O)CC[C@@]2(C)C1CC[C@@H]1[C@H]2CC[C@]2(C)CCC[C@@H]12. The molecule has 0 bridgehead atoms. The van der Waals surface area contributed by atoms with E-state index in [4.69, 9.17) is 0 Å². The maximum atomic E-state index is 13.5. The molecule has 0 N–H and O–H groups in total. The number of nitrogens with zero attached hydrogens (tertiary/aromatic N) is 3. The molecule has 1 aliphatic heterocycles. The van der Waals surface area contributed by atoms with Gasteiger partial charge >= 0.3 is 6.03 Å². The van der Waals surface area contributed by atoms with E-state index in [2.05, 4.69) is 25.7 Å². The quantitative estimate of drug-likeness (QED) is 0.673. The van der Waals surface area contributed by atoms with Gasteiger partial charge in [-0.2, -0.15) is 0 Å². The molecular weight excluding hydrogens is 374 g/mol. The summed E-state index contributed by atoms with van der Waals surface area (Å²) in [6.45, 7) is 7.83. The number of urea groups is 1. The van der Waals surface area contributed by atoms with Crippen LogP contribution in [0.4, 0.5) is 4.79 Å². The standard InChI is InChI=1S/C25H43N3O2/c1-17(16-26(4)5)27(6)23(30)28-21-10-9-18-19-8-7-13-24(19,2)14-11-20(18)25(21,3)15-12-22(28)29/h17-21H,7-16H2,1-6H3/t17?,18-,19-,20+,21?,24-,25+/m0/s1. The molecule has 0 radical (unpaired) electrons. The lowest BCUT2D eigenvalue weighted by atomic mass is 9.47.